The first-order valence-corrected chi connectivity index (χ1v) is 11.7. The maximum Gasteiger partial charge on any atom is 0.270 e. The van der Waals surface area contributed by atoms with Crippen LogP contribution in [0.4, 0.5) is 5.69 Å². The Labute approximate surface area is 186 Å². The lowest BCUT2D eigenvalue weighted by atomic mass is 10.2. The summed E-state index contributed by atoms with van der Waals surface area (Å²) >= 11 is 6.09. The van der Waals surface area contributed by atoms with Crippen LogP contribution in [-0.4, -0.2) is 37.3 Å². The van der Waals surface area contributed by atoms with Crippen LogP contribution >= 0.6 is 11.6 Å². The molecular formula is C22H22ClN3O4S. The fourth-order valence-corrected chi connectivity index (χ4v) is 4.58. The molecule has 0 aliphatic carbocycles. The number of anilines is 1. The van der Waals surface area contributed by atoms with Crippen molar-refractivity contribution in [3.63, 3.8) is 0 Å². The molecule has 3 aromatic rings. The molecule has 2 N–H and O–H groups in total. The van der Waals surface area contributed by atoms with Crippen LogP contribution in [0.1, 0.15) is 28.9 Å². The monoisotopic (exact) mass is 459 g/mol. The summed E-state index contributed by atoms with van der Waals surface area (Å²) in [5.74, 6) is 0.666. The normalized spacial score (nSPS) is 13.9. The van der Waals surface area contributed by atoms with Gasteiger partial charge in [-0.05, 0) is 56.2 Å². The Hall–Kier alpha value is -2.97. The molecule has 0 saturated carbocycles. The third kappa shape index (κ3) is 4.86. The van der Waals surface area contributed by atoms with Gasteiger partial charge in [0.25, 0.3) is 15.9 Å². The zero-order chi connectivity index (χ0) is 22.0. The second-order valence-electron chi connectivity index (χ2n) is 7.41. The third-order valence-corrected chi connectivity index (χ3v) is 6.61. The van der Waals surface area contributed by atoms with E-state index in [2.05, 4.69) is 9.71 Å². The average Bonchev–Trinajstić information content (AvgIpc) is 3.43. The number of likely N-dealkylation sites (tertiary alicyclic amines) is 1. The largest absolute Gasteiger partial charge is 0.455 e. The number of aromatic nitrogens is 1. The van der Waals surface area contributed by atoms with Crippen LogP contribution in [0.25, 0.3) is 0 Å². The highest BCUT2D eigenvalue weighted by Gasteiger charge is 2.24. The molecule has 0 unspecified atom stereocenters. The van der Waals surface area contributed by atoms with E-state index in [0.29, 0.717) is 29.6 Å². The minimum Gasteiger partial charge on any atom is -0.455 e. The lowest BCUT2D eigenvalue weighted by molar-refractivity contribution is 0.0787. The summed E-state index contributed by atoms with van der Waals surface area (Å²) in [6.45, 7) is 3.33. The van der Waals surface area contributed by atoms with E-state index in [4.69, 9.17) is 16.3 Å². The molecule has 1 amide bonds. The van der Waals surface area contributed by atoms with Crippen molar-refractivity contribution in [1.29, 1.82) is 0 Å². The predicted molar refractivity (Wildman–Crippen MR) is 119 cm³/mol. The topological polar surface area (TPSA) is 91.5 Å². The Balaban J connectivity index is 1.57. The molecule has 31 heavy (non-hydrogen) atoms. The average molecular weight is 460 g/mol. The van der Waals surface area contributed by atoms with Crippen molar-refractivity contribution in [3.05, 3.63) is 71.0 Å². The predicted octanol–water partition coefficient (Wildman–Crippen LogP) is 4.81. The van der Waals surface area contributed by atoms with Crippen LogP contribution < -0.4 is 9.46 Å². The van der Waals surface area contributed by atoms with Crippen molar-refractivity contribution in [2.24, 2.45) is 0 Å². The first kappa shape index (κ1) is 21.3. The van der Waals surface area contributed by atoms with Gasteiger partial charge in [-0.15, -0.1) is 0 Å². The Morgan fingerprint density at radius 2 is 1.81 bits per heavy atom. The van der Waals surface area contributed by atoms with E-state index in [1.54, 1.807) is 29.2 Å². The van der Waals surface area contributed by atoms with Crippen molar-refractivity contribution in [1.82, 2.24) is 9.88 Å². The number of ether oxygens (including phenoxy) is 1. The van der Waals surface area contributed by atoms with E-state index < -0.39 is 10.0 Å². The van der Waals surface area contributed by atoms with Gasteiger partial charge in [0.1, 0.15) is 16.3 Å². The summed E-state index contributed by atoms with van der Waals surface area (Å²) in [6.07, 6.45) is 3.21. The molecule has 2 heterocycles. The summed E-state index contributed by atoms with van der Waals surface area (Å²) in [5, 5.41) is 0.355. The van der Waals surface area contributed by atoms with Crippen LogP contribution in [0.2, 0.25) is 5.02 Å². The fourth-order valence-electron chi connectivity index (χ4n) is 3.35. The molecule has 162 valence electrons. The molecular weight excluding hydrogens is 438 g/mol. The van der Waals surface area contributed by atoms with Gasteiger partial charge in [0.2, 0.25) is 0 Å². The summed E-state index contributed by atoms with van der Waals surface area (Å²) in [7, 11) is -3.98. The van der Waals surface area contributed by atoms with Gasteiger partial charge >= 0.3 is 0 Å². The smallest absolute Gasteiger partial charge is 0.270 e. The number of nitrogens with one attached hydrogen (secondary N) is 2. The van der Waals surface area contributed by atoms with Crippen molar-refractivity contribution in [2.45, 2.75) is 24.7 Å². The number of halogens is 1. The van der Waals surface area contributed by atoms with Crippen LogP contribution in [-0.2, 0) is 10.0 Å². The van der Waals surface area contributed by atoms with Crippen molar-refractivity contribution >= 4 is 33.2 Å². The highest BCUT2D eigenvalue weighted by atomic mass is 35.5. The molecule has 1 aromatic heterocycles. The summed E-state index contributed by atoms with van der Waals surface area (Å²) < 4.78 is 34.3. The zero-order valence-corrected chi connectivity index (χ0v) is 18.5. The number of hydrogen-bond donors (Lipinski definition) is 2. The van der Waals surface area contributed by atoms with Crippen LogP contribution in [0.15, 0.2) is 59.6 Å². The lowest BCUT2D eigenvalue weighted by Gasteiger charge is -2.14. The van der Waals surface area contributed by atoms with Crippen molar-refractivity contribution < 1.29 is 17.9 Å². The molecule has 0 bridgehead atoms. The van der Waals surface area contributed by atoms with Gasteiger partial charge in [-0.25, -0.2) is 8.42 Å². The van der Waals surface area contributed by atoms with E-state index in [1.165, 1.54) is 18.3 Å². The number of benzene rings is 2. The van der Waals surface area contributed by atoms with Crippen LogP contribution in [0.3, 0.4) is 0 Å². The van der Waals surface area contributed by atoms with Gasteiger partial charge in [0.05, 0.1) is 5.69 Å². The first-order chi connectivity index (χ1) is 14.8. The molecule has 2 aromatic carbocycles. The summed E-state index contributed by atoms with van der Waals surface area (Å²) in [5.41, 5.74) is 1.52. The Bertz CT molecular complexity index is 1200. The SMILES string of the molecule is Cc1ccc(Oc2ccc(Cl)cc2NS(=O)(=O)c2c[nH]c(C(=O)N3CCCC3)c2)cc1. The number of nitrogens with zero attached hydrogens (tertiary/aromatic N) is 1. The molecule has 0 spiro atoms. The summed E-state index contributed by atoms with van der Waals surface area (Å²) in [4.78, 5) is 17.0. The number of rotatable bonds is 6. The summed E-state index contributed by atoms with van der Waals surface area (Å²) in [6, 6.07) is 13.4. The minimum atomic E-state index is -3.98. The zero-order valence-electron chi connectivity index (χ0n) is 16.9. The highest BCUT2D eigenvalue weighted by Crippen LogP contribution is 2.33. The molecule has 1 saturated heterocycles. The first-order valence-electron chi connectivity index (χ1n) is 9.86. The van der Waals surface area contributed by atoms with E-state index in [1.807, 2.05) is 19.1 Å². The van der Waals surface area contributed by atoms with E-state index in [0.717, 1.165) is 18.4 Å². The number of carbonyl (C=O) groups is 1. The number of aryl methyl sites for hydroxylation is 1. The number of amides is 1. The van der Waals surface area contributed by atoms with Crippen molar-refractivity contribution in [3.8, 4) is 11.5 Å². The highest BCUT2D eigenvalue weighted by molar-refractivity contribution is 7.92. The second kappa shape index (κ2) is 8.64. The molecule has 7 nitrogen and oxygen atoms in total. The number of aromatic amines is 1. The van der Waals surface area contributed by atoms with Gasteiger partial charge in [0, 0.05) is 24.3 Å². The van der Waals surface area contributed by atoms with Crippen molar-refractivity contribution in [2.75, 3.05) is 17.8 Å². The quantitative estimate of drug-likeness (QED) is 0.553. The third-order valence-electron chi connectivity index (χ3n) is 5.03. The van der Waals surface area contributed by atoms with Crippen LogP contribution in [0.5, 0.6) is 11.5 Å². The Morgan fingerprint density at radius 1 is 1.10 bits per heavy atom. The van der Waals surface area contributed by atoms with E-state index in [9.17, 15) is 13.2 Å². The number of hydrogen-bond acceptors (Lipinski definition) is 4. The Morgan fingerprint density at radius 3 is 2.52 bits per heavy atom. The maximum atomic E-state index is 13.0. The molecule has 4 rings (SSSR count). The lowest BCUT2D eigenvalue weighted by Crippen LogP contribution is -2.27. The van der Waals surface area contributed by atoms with Gasteiger partial charge in [-0.1, -0.05) is 29.3 Å². The van der Waals surface area contributed by atoms with Gasteiger partial charge in [0.15, 0.2) is 5.75 Å². The van der Waals surface area contributed by atoms with Gasteiger partial charge in [-0.2, -0.15) is 0 Å². The molecule has 9 heteroatoms. The molecule has 1 aliphatic heterocycles. The van der Waals surface area contributed by atoms with E-state index in [-0.39, 0.29) is 22.2 Å². The standard InChI is InChI=1S/C22H22ClN3O4S/c1-15-4-7-17(8-5-15)30-21-9-6-16(23)12-19(21)25-31(28,29)18-13-20(24-14-18)22(27)26-10-2-3-11-26/h4-9,12-14,24-25H,2-3,10-11H2,1H3. The van der Waals surface area contributed by atoms with Gasteiger partial charge < -0.3 is 14.6 Å². The number of sulfonamides is 1. The number of carbonyl (C=O) groups excluding carboxylic acids is 1. The Kier molecular flexibility index (Phi) is 5.93. The number of H-pyrrole nitrogens is 1. The maximum absolute atomic E-state index is 13.0. The fraction of sp³-hybridized carbons (Fsp3) is 0.227. The van der Waals surface area contributed by atoms with E-state index >= 15 is 0 Å². The second-order valence-corrected chi connectivity index (χ2v) is 9.53. The van der Waals surface area contributed by atoms with Gasteiger partial charge in [-0.3, -0.25) is 9.52 Å². The molecule has 1 fully saturated rings. The van der Waals surface area contributed by atoms with Crippen LogP contribution in [0, 0.1) is 6.92 Å². The minimum absolute atomic E-state index is 0.0451. The molecule has 0 atom stereocenters. The molecule has 0 radical (unpaired) electrons. The molecule has 1 aliphatic rings.